The average molecular weight is 284 g/mol. The molecule has 0 aliphatic carbocycles. The first-order valence-electron chi connectivity index (χ1n) is 6.98. The Morgan fingerprint density at radius 2 is 2.19 bits per heavy atom. The Bertz CT molecular complexity index is 683. The topological polar surface area (TPSA) is 69.7 Å². The monoisotopic (exact) mass is 284 g/mol. The van der Waals surface area contributed by atoms with Crippen molar-refractivity contribution in [1.82, 2.24) is 0 Å². The van der Waals surface area contributed by atoms with Crippen LogP contribution in [0.4, 0.5) is 5.69 Å². The van der Waals surface area contributed by atoms with Crippen LogP contribution in [-0.2, 0) is 14.3 Å². The van der Waals surface area contributed by atoms with E-state index in [0.29, 0.717) is 6.54 Å². The molecule has 1 amide bonds. The predicted octanol–water partition coefficient (Wildman–Crippen LogP) is 0.0313. The lowest BCUT2D eigenvalue weighted by Gasteiger charge is -2.24. The third-order valence-electron chi connectivity index (χ3n) is 4.78. The quantitative estimate of drug-likeness (QED) is 0.719. The largest absolute Gasteiger partial charge is 0.550 e. The van der Waals surface area contributed by atoms with E-state index in [4.69, 9.17) is 4.74 Å². The molecule has 0 N–H and O–H groups in total. The Balaban J connectivity index is 1.78. The summed E-state index contributed by atoms with van der Waals surface area (Å²) in [6, 6.07) is 7.57. The summed E-state index contributed by atoms with van der Waals surface area (Å²) < 4.78 is 5.83. The minimum absolute atomic E-state index is 0.189. The van der Waals surface area contributed by atoms with E-state index in [0.717, 1.165) is 11.3 Å². The molecular weight excluding hydrogens is 270 g/mol. The Hall–Kier alpha value is -2.14. The number of carboxylic acids is 1. The van der Waals surface area contributed by atoms with Gasteiger partial charge < -0.3 is 19.5 Å². The maximum atomic E-state index is 12.8. The first kappa shape index (κ1) is 12.6. The number of nitrogens with zero attached hydrogens (tertiary/aromatic N) is 1. The van der Waals surface area contributed by atoms with Crippen LogP contribution in [-0.4, -0.2) is 30.1 Å². The molecule has 1 aromatic rings. The number of amides is 1. The molecule has 4 rings (SSSR count). The van der Waals surface area contributed by atoms with Gasteiger partial charge in [0.1, 0.15) is 5.60 Å². The van der Waals surface area contributed by atoms with Crippen molar-refractivity contribution in [3.63, 3.8) is 0 Å². The number of carbonyl (C=O) groups excluding carboxylic acids is 2. The van der Waals surface area contributed by atoms with Crippen molar-refractivity contribution < 1.29 is 19.4 Å². The highest BCUT2D eigenvalue weighted by Gasteiger charge is 2.65. The summed E-state index contributed by atoms with van der Waals surface area (Å²) in [5.41, 5.74) is 0.976. The van der Waals surface area contributed by atoms with Gasteiger partial charge in [-0.05, 0) is 18.6 Å². The molecule has 0 unspecified atom stereocenters. The highest BCUT2D eigenvalue weighted by molar-refractivity contribution is 6.02. The van der Waals surface area contributed by atoms with Crippen molar-refractivity contribution in [2.24, 2.45) is 11.8 Å². The summed E-state index contributed by atoms with van der Waals surface area (Å²) in [6.07, 6.45) is 3.05. The maximum Gasteiger partial charge on any atom is 0.234 e. The number of aliphatic carboxylic acids is 1. The van der Waals surface area contributed by atoms with Crippen LogP contribution in [0, 0.1) is 18.8 Å². The van der Waals surface area contributed by atoms with Crippen molar-refractivity contribution in [3.05, 3.63) is 42.0 Å². The first-order valence-corrected chi connectivity index (χ1v) is 6.98. The van der Waals surface area contributed by atoms with Gasteiger partial charge in [0, 0.05) is 17.6 Å². The lowest BCUT2D eigenvalue weighted by molar-refractivity contribution is -0.313. The van der Waals surface area contributed by atoms with Crippen LogP contribution in [0.25, 0.3) is 0 Å². The van der Waals surface area contributed by atoms with Gasteiger partial charge in [0.25, 0.3) is 0 Å². The van der Waals surface area contributed by atoms with E-state index >= 15 is 0 Å². The van der Waals surface area contributed by atoms with Crippen molar-refractivity contribution >= 4 is 17.6 Å². The number of para-hydroxylation sites is 1. The molecule has 2 fully saturated rings. The number of carbonyl (C=O) groups is 2. The molecule has 0 aromatic heterocycles. The van der Waals surface area contributed by atoms with Crippen LogP contribution in [0.1, 0.15) is 5.56 Å². The fourth-order valence-corrected chi connectivity index (χ4v) is 3.84. The van der Waals surface area contributed by atoms with E-state index in [9.17, 15) is 14.7 Å². The van der Waals surface area contributed by atoms with Crippen molar-refractivity contribution in [2.45, 2.75) is 18.6 Å². The van der Waals surface area contributed by atoms with Gasteiger partial charge in [-0.1, -0.05) is 30.4 Å². The molecule has 3 heterocycles. The highest BCUT2D eigenvalue weighted by Crippen LogP contribution is 2.52. The number of benzene rings is 1. The second-order valence-electron chi connectivity index (χ2n) is 5.93. The van der Waals surface area contributed by atoms with E-state index in [2.05, 4.69) is 0 Å². The van der Waals surface area contributed by atoms with Crippen molar-refractivity contribution in [2.75, 3.05) is 11.4 Å². The summed E-state index contributed by atoms with van der Waals surface area (Å²) in [7, 11) is 0. The Morgan fingerprint density at radius 3 is 2.90 bits per heavy atom. The van der Waals surface area contributed by atoms with Crippen LogP contribution in [0.3, 0.4) is 0 Å². The van der Waals surface area contributed by atoms with Gasteiger partial charge in [0.15, 0.2) is 0 Å². The number of anilines is 1. The average Bonchev–Trinajstić information content (AvgIpc) is 3.08. The Morgan fingerprint density at radius 1 is 1.43 bits per heavy atom. The SMILES string of the molecule is Cc1ccccc1N1C[C@]23C=C[C@H](O2)[C@@H](C(=O)[O-])[C@@H]3C1=O. The third kappa shape index (κ3) is 1.49. The summed E-state index contributed by atoms with van der Waals surface area (Å²) >= 11 is 0. The van der Waals surface area contributed by atoms with Crippen LogP contribution >= 0.6 is 0 Å². The smallest absolute Gasteiger partial charge is 0.234 e. The minimum Gasteiger partial charge on any atom is -0.550 e. The second-order valence-corrected chi connectivity index (χ2v) is 5.93. The minimum atomic E-state index is -1.21. The highest BCUT2D eigenvalue weighted by atomic mass is 16.5. The standard InChI is InChI=1S/C16H15NO4/c1-9-4-2-3-5-10(9)17-8-16-7-6-11(21-16)12(15(19)20)13(16)14(17)18/h2-7,11-13H,8H2,1H3,(H,19,20)/p-1/t11-,12+,13+,16-/m0/s1. The van der Waals surface area contributed by atoms with Gasteiger partial charge in [0.05, 0.1) is 18.6 Å². The molecule has 108 valence electrons. The zero-order chi connectivity index (χ0) is 14.8. The lowest BCUT2D eigenvalue weighted by Crippen LogP contribution is -2.45. The number of carboxylic acid groups (broad SMARTS) is 1. The third-order valence-corrected chi connectivity index (χ3v) is 4.78. The molecule has 2 saturated heterocycles. The second kappa shape index (κ2) is 3.95. The Kier molecular flexibility index (Phi) is 2.37. The molecule has 0 saturated carbocycles. The molecule has 5 nitrogen and oxygen atoms in total. The van der Waals surface area contributed by atoms with Gasteiger partial charge in [-0.25, -0.2) is 0 Å². The molecule has 21 heavy (non-hydrogen) atoms. The molecule has 1 aromatic carbocycles. The summed E-state index contributed by atoms with van der Waals surface area (Å²) in [6.45, 7) is 2.29. The van der Waals surface area contributed by atoms with E-state index in [1.54, 1.807) is 11.0 Å². The van der Waals surface area contributed by atoms with Gasteiger partial charge in [-0.2, -0.15) is 0 Å². The lowest BCUT2D eigenvalue weighted by atomic mass is 9.77. The summed E-state index contributed by atoms with van der Waals surface area (Å²) in [5, 5.41) is 11.4. The number of aryl methyl sites for hydroxylation is 1. The van der Waals surface area contributed by atoms with E-state index in [-0.39, 0.29) is 5.91 Å². The van der Waals surface area contributed by atoms with Gasteiger partial charge >= 0.3 is 0 Å². The molecule has 3 aliphatic rings. The van der Waals surface area contributed by atoms with Gasteiger partial charge in [0.2, 0.25) is 5.91 Å². The number of hydrogen-bond donors (Lipinski definition) is 0. The van der Waals surface area contributed by atoms with Crippen LogP contribution < -0.4 is 10.0 Å². The predicted molar refractivity (Wildman–Crippen MR) is 72.3 cm³/mol. The summed E-state index contributed by atoms with van der Waals surface area (Å²) in [4.78, 5) is 25.8. The van der Waals surface area contributed by atoms with E-state index < -0.39 is 29.5 Å². The van der Waals surface area contributed by atoms with Gasteiger partial charge in [-0.3, -0.25) is 4.79 Å². The number of hydrogen-bond acceptors (Lipinski definition) is 4. The molecule has 2 bridgehead atoms. The van der Waals surface area contributed by atoms with Crippen LogP contribution in [0.15, 0.2) is 36.4 Å². The number of ether oxygens (including phenoxy) is 1. The first-order chi connectivity index (χ1) is 10.0. The van der Waals surface area contributed by atoms with Gasteiger partial charge in [-0.15, -0.1) is 0 Å². The van der Waals surface area contributed by atoms with Crippen LogP contribution in [0.2, 0.25) is 0 Å². The maximum absolute atomic E-state index is 12.8. The van der Waals surface area contributed by atoms with Crippen molar-refractivity contribution in [3.8, 4) is 0 Å². The van der Waals surface area contributed by atoms with Crippen LogP contribution in [0.5, 0.6) is 0 Å². The Labute approximate surface area is 121 Å². The fraction of sp³-hybridized carbons (Fsp3) is 0.375. The number of fused-ring (bicyclic) bond motifs is 1. The molecule has 1 spiro atoms. The fourth-order valence-electron chi connectivity index (χ4n) is 3.84. The molecule has 0 radical (unpaired) electrons. The zero-order valence-corrected chi connectivity index (χ0v) is 11.5. The normalized spacial score (nSPS) is 36.3. The molecule has 3 aliphatic heterocycles. The number of rotatable bonds is 2. The summed E-state index contributed by atoms with van der Waals surface area (Å²) in [5.74, 6) is -2.98. The van der Waals surface area contributed by atoms with E-state index in [1.165, 1.54) is 0 Å². The molecular formula is C16H14NO4-. The molecule has 5 heteroatoms. The zero-order valence-electron chi connectivity index (χ0n) is 11.5. The molecule has 4 atom stereocenters. The van der Waals surface area contributed by atoms with Crippen molar-refractivity contribution in [1.29, 1.82) is 0 Å². The van der Waals surface area contributed by atoms with E-state index in [1.807, 2.05) is 37.3 Å².